The summed E-state index contributed by atoms with van der Waals surface area (Å²) in [4.78, 5) is 7.04. The molecule has 28 heavy (non-hydrogen) atoms. The highest BCUT2D eigenvalue weighted by atomic mass is 16.4. The summed E-state index contributed by atoms with van der Waals surface area (Å²) in [6, 6.07) is 12.7. The number of hydrogen-bond acceptors (Lipinski definition) is 4. The number of aliphatic hydroxyl groups is 1. The molecule has 0 spiro atoms. The van der Waals surface area contributed by atoms with E-state index >= 15 is 0 Å². The highest BCUT2D eigenvalue weighted by Gasteiger charge is 2.20. The Bertz CT molecular complexity index is 737. The van der Waals surface area contributed by atoms with Gasteiger partial charge in [-0.3, -0.25) is 9.89 Å². The summed E-state index contributed by atoms with van der Waals surface area (Å²) < 4.78 is 5.24. The van der Waals surface area contributed by atoms with E-state index in [0.717, 1.165) is 45.0 Å². The Morgan fingerprint density at radius 1 is 1.29 bits per heavy atom. The van der Waals surface area contributed by atoms with Crippen molar-refractivity contribution in [3.05, 3.63) is 59.5 Å². The first-order chi connectivity index (χ1) is 13.6. The molecule has 1 unspecified atom stereocenters. The molecule has 1 aliphatic heterocycles. The van der Waals surface area contributed by atoms with E-state index in [1.807, 2.05) is 6.92 Å². The molecule has 3 N–H and O–H groups in total. The molecule has 0 bridgehead atoms. The predicted octanol–water partition coefficient (Wildman–Crippen LogP) is 2.84. The topological polar surface area (TPSA) is 73.0 Å². The molecule has 3 rings (SSSR count). The molecular formula is C22H32N4O2. The van der Waals surface area contributed by atoms with Gasteiger partial charge in [-0.1, -0.05) is 29.8 Å². The molecule has 0 aliphatic carbocycles. The maximum Gasteiger partial charge on any atom is 0.191 e. The first-order valence-corrected chi connectivity index (χ1v) is 10.2. The lowest BCUT2D eigenvalue weighted by atomic mass is 10.0. The zero-order chi connectivity index (χ0) is 19.8. The van der Waals surface area contributed by atoms with Crippen LogP contribution in [0.25, 0.3) is 0 Å². The van der Waals surface area contributed by atoms with Crippen molar-refractivity contribution in [2.24, 2.45) is 4.99 Å². The minimum atomic E-state index is -0.721. The Morgan fingerprint density at radius 3 is 2.79 bits per heavy atom. The van der Waals surface area contributed by atoms with Gasteiger partial charge in [-0.05, 0) is 44.4 Å². The fraction of sp³-hybridized carbons (Fsp3) is 0.500. The summed E-state index contributed by atoms with van der Waals surface area (Å²) >= 11 is 0. The molecule has 2 aromatic rings. The average Bonchev–Trinajstić information content (AvgIpc) is 3.22. The van der Waals surface area contributed by atoms with Gasteiger partial charge in [0.2, 0.25) is 0 Å². The van der Waals surface area contributed by atoms with Gasteiger partial charge >= 0.3 is 0 Å². The summed E-state index contributed by atoms with van der Waals surface area (Å²) in [5.41, 5.74) is 2.70. The summed E-state index contributed by atoms with van der Waals surface area (Å²) in [7, 11) is 0. The second-order valence-electron chi connectivity index (χ2n) is 7.43. The maximum atomic E-state index is 10.2. The molecule has 6 nitrogen and oxygen atoms in total. The van der Waals surface area contributed by atoms with Gasteiger partial charge in [0.05, 0.1) is 12.8 Å². The van der Waals surface area contributed by atoms with Gasteiger partial charge in [0.15, 0.2) is 5.96 Å². The molecule has 0 amide bonds. The van der Waals surface area contributed by atoms with Crippen molar-refractivity contribution in [1.82, 2.24) is 15.5 Å². The Morgan fingerprint density at radius 2 is 2.11 bits per heavy atom. The van der Waals surface area contributed by atoms with E-state index in [4.69, 9.17) is 4.42 Å². The minimum Gasteiger partial charge on any atom is -0.467 e. The molecule has 1 aromatic carbocycles. The molecule has 1 aliphatic rings. The van der Waals surface area contributed by atoms with Crippen molar-refractivity contribution in [2.75, 3.05) is 26.2 Å². The van der Waals surface area contributed by atoms with E-state index in [2.05, 4.69) is 51.7 Å². The largest absolute Gasteiger partial charge is 0.467 e. The molecule has 2 heterocycles. The maximum absolute atomic E-state index is 10.2. The van der Waals surface area contributed by atoms with Crippen LogP contribution in [-0.2, 0) is 6.54 Å². The number of rotatable bonds is 7. The van der Waals surface area contributed by atoms with Crippen molar-refractivity contribution in [1.29, 1.82) is 0 Å². The SMILES string of the molecule is CCNC(=NCC(O)c1ccco1)NC1CCN(Cc2cccc(C)c2)CC1. The highest BCUT2D eigenvalue weighted by molar-refractivity contribution is 5.80. The summed E-state index contributed by atoms with van der Waals surface area (Å²) in [5, 5.41) is 17.0. The van der Waals surface area contributed by atoms with Gasteiger partial charge in [0.25, 0.3) is 0 Å². The van der Waals surface area contributed by atoms with Crippen molar-refractivity contribution < 1.29 is 9.52 Å². The predicted molar refractivity (Wildman–Crippen MR) is 112 cm³/mol. The molecule has 1 aromatic heterocycles. The number of likely N-dealkylation sites (tertiary alicyclic amines) is 1. The Labute approximate surface area is 167 Å². The number of nitrogens with one attached hydrogen (secondary N) is 2. The average molecular weight is 385 g/mol. The highest BCUT2D eigenvalue weighted by Crippen LogP contribution is 2.15. The van der Waals surface area contributed by atoms with Crippen LogP contribution in [0, 0.1) is 6.92 Å². The fourth-order valence-corrected chi connectivity index (χ4v) is 3.57. The number of piperidine rings is 1. The van der Waals surface area contributed by atoms with Gasteiger partial charge in [-0.25, -0.2) is 0 Å². The second-order valence-corrected chi connectivity index (χ2v) is 7.43. The minimum absolute atomic E-state index is 0.273. The van der Waals surface area contributed by atoms with Gasteiger partial charge in [0.1, 0.15) is 11.9 Å². The lowest BCUT2D eigenvalue weighted by Crippen LogP contribution is -2.48. The molecule has 0 radical (unpaired) electrons. The Hall–Kier alpha value is -2.31. The van der Waals surface area contributed by atoms with Gasteiger partial charge in [-0.15, -0.1) is 0 Å². The van der Waals surface area contributed by atoms with Crippen molar-refractivity contribution in [3.8, 4) is 0 Å². The van der Waals surface area contributed by atoms with Crippen LogP contribution in [0.1, 0.15) is 42.8 Å². The number of furan rings is 1. The molecule has 1 saturated heterocycles. The van der Waals surface area contributed by atoms with Crippen molar-refractivity contribution in [2.45, 2.75) is 45.4 Å². The number of aryl methyl sites for hydroxylation is 1. The molecule has 152 valence electrons. The third-order valence-corrected chi connectivity index (χ3v) is 5.06. The monoisotopic (exact) mass is 384 g/mol. The number of aliphatic hydroxyl groups excluding tert-OH is 1. The van der Waals surface area contributed by atoms with Crippen LogP contribution in [-0.4, -0.2) is 48.2 Å². The van der Waals surface area contributed by atoms with Crippen LogP contribution in [0.2, 0.25) is 0 Å². The van der Waals surface area contributed by atoms with Crippen LogP contribution in [0.15, 0.2) is 52.1 Å². The summed E-state index contributed by atoms with van der Waals surface area (Å²) in [6.07, 6.45) is 3.01. The van der Waals surface area contributed by atoms with Gasteiger partial charge < -0.3 is 20.2 Å². The third kappa shape index (κ3) is 6.11. The smallest absolute Gasteiger partial charge is 0.191 e. The quantitative estimate of drug-likeness (QED) is 0.506. The van der Waals surface area contributed by atoms with Gasteiger partial charge in [-0.2, -0.15) is 0 Å². The number of guanidine groups is 1. The number of benzene rings is 1. The number of hydrogen-bond donors (Lipinski definition) is 3. The zero-order valence-corrected chi connectivity index (χ0v) is 16.9. The van der Waals surface area contributed by atoms with E-state index in [0.29, 0.717) is 11.8 Å². The van der Waals surface area contributed by atoms with E-state index in [1.165, 1.54) is 11.1 Å². The lowest BCUT2D eigenvalue weighted by molar-refractivity contribution is 0.158. The van der Waals surface area contributed by atoms with Gasteiger partial charge in [0, 0.05) is 32.2 Å². The fourth-order valence-electron chi connectivity index (χ4n) is 3.57. The molecule has 0 saturated carbocycles. The first kappa shape index (κ1) is 20.4. The van der Waals surface area contributed by atoms with E-state index in [1.54, 1.807) is 18.4 Å². The van der Waals surface area contributed by atoms with Crippen LogP contribution < -0.4 is 10.6 Å². The van der Waals surface area contributed by atoms with Crippen molar-refractivity contribution in [3.63, 3.8) is 0 Å². The molecular weight excluding hydrogens is 352 g/mol. The zero-order valence-electron chi connectivity index (χ0n) is 16.9. The third-order valence-electron chi connectivity index (χ3n) is 5.06. The van der Waals surface area contributed by atoms with Crippen LogP contribution in [0.4, 0.5) is 0 Å². The summed E-state index contributed by atoms with van der Waals surface area (Å²) in [5.74, 6) is 1.30. The van der Waals surface area contributed by atoms with E-state index < -0.39 is 6.10 Å². The van der Waals surface area contributed by atoms with Crippen LogP contribution >= 0.6 is 0 Å². The normalized spacial score (nSPS) is 17.5. The lowest BCUT2D eigenvalue weighted by Gasteiger charge is -2.33. The number of nitrogens with zero attached hydrogens (tertiary/aromatic N) is 2. The Balaban J connectivity index is 1.47. The second kappa shape index (κ2) is 10.3. The first-order valence-electron chi connectivity index (χ1n) is 10.2. The molecule has 6 heteroatoms. The Kier molecular flexibility index (Phi) is 7.51. The van der Waals surface area contributed by atoms with E-state index in [-0.39, 0.29) is 6.54 Å². The molecule has 1 fully saturated rings. The standard InChI is InChI=1S/C22H32N4O2/c1-3-23-22(24-15-20(27)21-8-5-13-28-21)25-19-9-11-26(12-10-19)16-18-7-4-6-17(2)14-18/h4-8,13-14,19-20,27H,3,9-12,15-16H2,1-2H3,(H2,23,24,25). The van der Waals surface area contributed by atoms with E-state index in [9.17, 15) is 5.11 Å². The van der Waals surface area contributed by atoms with Crippen LogP contribution in [0.5, 0.6) is 0 Å². The van der Waals surface area contributed by atoms with Crippen LogP contribution in [0.3, 0.4) is 0 Å². The summed E-state index contributed by atoms with van der Waals surface area (Å²) in [6.45, 7) is 8.40. The molecule has 1 atom stereocenters. The van der Waals surface area contributed by atoms with Crippen molar-refractivity contribution >= 4 is 5.96 Å². The number of aliphatic imine (C=N–C) groups is 1.